The van der Waals surface area contributed by atoms with Gasteiger partial charge in [0.1, 0.15) is 0 Å². The molecule has 0 radical (unpaired) electrons. The molecule has 1 aliphatic heterocycles. The summed E-state index contributed by atoms with van der Waals surface area (Å²) in [5.74, 6) is 0.0831. The van der Waals surface area contributed by atoms with Gasteiger partial charge >= 0.3 is 15.2 Å². The maximum Gasteiger partial charge on any atom is 0.357 e. The van der Waals surface area contributed by atoms with E-state index >= 15 is 0 Å². The third-order valence-electron chi connectivity index (χ3n) is 4.47. The van der Waals surface area contributed by atoms with E-state index in [2.05, 4.69) is 0 Å². The van der Waals surface area contributed by atoms with Gasteiger partial charge in [-0.05, 0) is 12.8 Å². The Morgan fingerprint density at radius 1 is 1.19 bits per heavy atom. The lowest BCUT2D eigenvalue weighted by molar-refractivity contribution is -0.924. The van der Waals surface area contributed by atoms with Crippen LogP contribution in [-0.4, -0.2) is 55.8 Å². The van der Waals surface area contributed by atoms with Crippen LogP contribution in [0.2, 0.25) is 0 Å². The molecule has 2 atom stereocenters. The van der Waals surface area contributed by atoms with E-state index in [9.17, 15) is 28.7 Å². The van der Waals surface area contributed by atoms with Crippen LogP contribution in [-0.2, 0) is 9.13 Å². The number of rotatable bonds is 4. The standard InChI is InChI=1S/C10H24N2O6P2.ClH/c1-8-5-4-6-12(2,3)9(8)7-10(11,19(13,14)15)20(16,17)18;/h8-9H,4-7,11H2,1-3H3,(H3-,13,14,15,16,17,18);1H. The Morgan fingerprint density at radius 3 is 1.95 bits per heavy atom. The van der Waals surface area contributed by atoms with Gasteiger partial charge in [0.2, 0.25) is 5.02 Å². The molecule has 0 aromatic rings. The normalized spacial score (nSPS) is 27.0. The number of hydrogen-bond donors (Lipinski definition) is 5. The maximum absolute atomic E-state index is 11.6. The van der Waals surface area contributed by atoms with Crippen LogP contribution in [0.15, 0.2) is 0 Å². The zero-order valence-corrected chi connectivity index (χ0v) is 14.9. The summed E-state index contributed by atoms with van der Waals surface area (Å²) in [4.78, 5) is 37.4. The number of nitrogens with zero attached hydrogens (tertiary/aromatic N) is 1. The Hall–Kier alpha value is 0.510. The number of piperidine rings is 1. The van der Waals surface area contributed by atoms with Gasteiger partial charge in [-0.3, -0.25) is 9.13 Å². The second kappa shape index (κ2) is 6.56. The molecule has 1 fully saturated rings. The number of nitrogens with two attached hydrogens (primary N) is 1. The van der Waals surface area contributed by atoms with Crippen LogP contribution in [0.4, 0.5) is 0 Å². The highest BCUT2D eigenvalue weighted by Crippen LogP contribution is 2.68. The van der Waals surface area contributed by atoms with Crippen LogP contribution in [0.1, 0.15) is 26.2 Å². The van der Waals surface area contributed by atoms with Crippen LogP contribution < -0.4 is 18.1 Å². The van der Waals surface area contributed by atoms with E-state index in [0.29, 0.717) is 4.48 Å². The molecular formula is C10H25ClN2O6P2. The molecule has 0 aromatic carbocycles. The highest BCUT2D eigenvalue weighted by molar-refractivity contribution is 7.72. The van der Waals surface area contributed by atoms with Crippen LogP contribution in [0.3, 0.4) is 0 Å². The molecule has 11 heteroatoms. The van der Waals surface area contributed by atoms with Crippen LogP contribution in [0.5, 0.6) is 0 Å². The predicted molar refractivity (Wildman–Crippen MR) is 74.8 cm³/mol. The summed E-state index contributed by atoms with van der Waals surface area (Å²) in [5, 5.41) is -2.81. The van der Waals surface area contributed by atoms with Gasteiger partial charge in [-0.2, -0.15) is 0 Å². The summed E-state index contributed by atoms with van der Waals surface area (Å²) in [5.41, 5.74) is 5.53. The SMILES string of the molecule is CC1CCC[N+](C)(C)C1CC(N)(P(=O)(O)O)P(=O)(O)O.[Cl-]. The van der Waals surface area contributed by atoms with Gasteiger partial charge in [0.05, 0.1) is 26.7 Å². The van der Waals surface area contributed by atoms with Crippen molar-refractivity contribution in [2.75, 3.05) is 20.6 Å². The highest BCUT2D eigenvalue weighted by Gasteiger charge is 2.60. The van der Waals surface area contributed by atoms with Crippen molar-refractivity contribution in [3.8, 4) is 0 Å². The Kier molecular flexibility index (Phi) is 6.71. The maximum atomic E-state index is 11.6. The molecular weight excluding hydrogens is 342 g/mol. The van der Waals surface area contributed by atoms with Crippen molar-refractivity contribution in [2.24, 2.45) is 11.7 Å². The third-order valence-corrected chi connectivity index (χ3v) is 8.41. The van der Waals surface area contributed by atoms with Gasteiger partial charge in [0, 0.05) is 12.3 Å². The first-order valence-electron chi connectivity index (χ1n) is 6.45. The minimum atomic E-state index is -5.15. The van der Waals surface area contributed by atoms with Gasteiger partial charge in [-0.1, -0.05) is 6.92 Å². The fourth-order valence-electron chi connectivity index (χ4n) is 3.03. The molecule has 2 unspecified atom stereocenters. The molecule has 6 N–H and O–H groups in total. The highest BCUT2D eigenvalue weighted by atomic mass is 35.5. The minimum Gasteiger partial charge on any atom is -1.00 e. The smallest absolute Gasteiger partial charge is 0.357 e. The summed E-state index contributed by atoms with van der Waals surface area (Å²) >= 11 is 0. The summed E-state index contributed by atoms with van der Waals surface area (Å²) in [6.07, 6.45) is 1.41. The summed E-state index contributed by atoms with van der Waals surface area (Å²) in [6, 6.07) is -0.311. The average molecular weight is 367 g/mol. The zero-order chi connectivity index (χ0) is 16.0. The monoisotopic (exact) mass is 366 g/mol. The zero-order valence-electron chi connectivity index (χ0n) is 12.4. The summed E-state index contributed by atoms with van der Waals surface area (Å²) in [7, 11) is -6.53. The average Bonchev–Trinajstić information content (AvgIpc) is 2.19. The topological polar surface area (TPSA) is 141 Å². The molecule has 0 amide bonds. The number of likely N-dealkylation sites (tertiary alicyclic amines) is 1. The lowest BCUT2D eigenvalue weighted by atomic mass is 9.87. The van der Waals surface area contributed by atoms with Gasteiger partial charge in [-0.15, -0.1) is 0 Å². The molecule has 0 spiro atoms. The molecule has 128 valence electrons. The van der Waals surface area contributed by atoms with Gasteiger partial charge in [0.15, 0.2) is 0 Å². The molecule has 0 aliphatic carbocycles. The molecule has 21 heavy (non-hydrogen) atoms. The van der Waals surface area contributed by atoms with E-state index in [-0.39, 0.29) is 24.4 Å². The van der Waals surface area contributed by atoms with Crippen molar-refractivity contribution in [3.05, 3.63) is 0 Å². The van der Waals surface area contributed by atoms with Crippen LogP contribution in [0, 0.1) is 5.92 Å². The summed E-state index contributed by atoms with van der Waals surface area (Å²) in [6.45, 7) is 2.71. The fourth-order valence-corrected chi connectivity index (χ4v) is 5.24. The lowest BCUT2D eigenvalue weighted by Crippen LogP contribution is -3.00. The molecule has 0 aromatic heterocycles. The second-order valence-corrected chi connectivity index (χ2v) is 10.5. The van der Waals surface area contributed by atoms with E-state index in [1.54, 1.807) is 0 Å². The van der Waals surface area contributed by atoms with E-state index in [1.807, 2.05) is 21.0 Å². The van der Waals surface area contributed by atoms with E-state index < -0.39 is 26.6 Å². The van der Waals surface area contributed by atoms with Crippen molar-refractivity contribution < 1.29 is 45.6 Å². The Labute approximate surface area is 131 Å². The molecule has 1 saturated heterocycles. The quantitative estimate of drug-likeness (QED) is 0.268. The van der Waals surface area contributed by atoms with Crippen molar-refractivity contribution in [1.29, 1.82) is 0 Å². The molecule has 1 rings (SSSR count). The van der Waals surface area contributed by atoms with Crippen molar-refractivity contribution >= 4 is 15.2 Å². The number of quaternary nitrogens is 1. The largest absolute Gasteiger partial charge is 1.00 e. The molecule has 1 aliphatic rings. The Morgan fingerprint density at radius 2 is 1.62 bits per heavy atom. The van der Waals surface area contributed by atoms with Crippen molar-refractivity contribution in [1.82, 2.24) is 0 Å². The molecule has 0 saturated carbocycles. The van der Waals surface area contributed by atoms with Crippen molar-refractivity contribution in [3.63, 3.8) is 0 Å². The first kappa shape index (κ1) is 21.5. The molecule has 1 heterocycles. The van der Waals surface area contributed by atoms with E-state index in [4.69, 9.17) is 5.73 Å². The first-order valence-corrected chi connectivity index (χ1v) is 9.68. The second-order valence-electron chi connectivity index (χ2n) is 6.36. The number of halogens is 1. The molecule has 8 nitrogen and oxygen atoms in total. The lowest BCUT2D eigenvalue weighted by Gasteiger charge is -2.47. The molecule has 0 bridgehead atoms. The summed E-state index contributed by atoms with van der Waals surface area (Å²) < 4.78 is 23.6. The van der Waals surface area contributed by atoms with Gasteiger partial charge < -0.3 is 42.2 Å². The first-order chi connectivity index (χ1) is 8.72. The van der Waals surface area contributed by atoms with Gasteiger partial charge in [-0.25, -0.2) is 0 Å². The Bertz CT molecular complexity index is 440. The number of hydrogen-bond acceptors (Lipinski definition) is 3. The van der Waals surface area contributed by atoms with E-state index in [0.717, 1.165) is 19.4 Å². The third kappa shape index (κ3) is 4.28. The van der Waals surface area contributed by atoms with E-state index in [1.165, 1.54) is 0 Å². The minimum absolute atomic E-state index is 0. The van der Waals surface area contributed by atoms with Gasteiger partial charge in [0.25, 0.3) is 0 Å². The van der Waals surface area contributed by atoms with Crippen LogP contribution >= 0.6 is 15.2 Å². The van der Waals surface area contributed by atoms with Crippen molar-refractivity contribution in [2.45, 2.75) is 37.2 Å². The predicted octanol–water partition coefficient (Wildman–Crippen LogP) is -2.78. The van der Waals surface area contributed by atoms with Crippen LogP contribution in [0.25, 0.3) is 0 Å². The fraction of sp³-hybridized carbons (Fsp3) is 1.00. The Balaban J connectivity index is 0.00000400.